The number of hydrogen-bond donors (Lipinski definition) is 2. The molecule has 4 aliphatic heterocycles. The fourth-order valence-corrected chi connectivity index (χ4v) is 7.79. The number of H-pyrrole nitrogens is 1. The van der Waals surface area contributed by atoms with Crippen molar-refractivity contribution in [3.8, 4) is 5.75 Å². The van der Waals surface area contributed by atoms with Crippen molar-refractivity contribution >= 4 is 10.9 Å². The predicted molar refractivity (Wildman–Crippen MR) is 164 cm³/mol. The highest BCUT2D eigenvalue weighted by molar-refractivity contribution is 5.85. The Hall–Kier alpha value is -4.24. The van der Waals surface area contributed by atoms with Gasteiger partial charge in [-0.25, -0.2) is 9.48 Å². The topological polar surface area (TPSA) is 150 Å². The molecule has 46 heavy (non-hydrogen) atoms. The number of pyridine rings is 1. The minimum absolute atomic E-state index is 0.0988. The number of aromatic amines is 1. The molecule has 4 aromatic rings. The molecule has 7 heterocycles. The first kappa shape index (κ1) is 30.4. The Balaban J connectivity index is 1.34. The monoisotopic (exact) mass is 633 g/mol. The fraction of sp³-hybridized carbons (Fsp3) is 0.469. The summed E-state index contributed by atoms with van der Waals surface area (Å²) >= 11 is 0. The number of methoxy groups -OCH3 is 2. The van der Waals surface area contributed by atoms with Crippen molar-refractivity contribution in [1.29, 1.82) is 0 Å². The third kappa shape index (κ3) is 4.78. The molecule has 0 amide bonds. The Morgan fingerprint density at radius 1 is 1.24 bits per heavy atom. The molecule has 13 nitrogen and oxygen atoms in total. The Kier molecular flexibility index (Phi) is 7.83. The molecular formula is C32H36FN7O6. The van der Waals surface area contributed by atoms with Crippen LogP contribution in [-0.4, -0.2) is 85.6 Å². The lowest BCUT2D eigenvalue weighted by Gasteiger charge is -2.55. The Labute approximate surface area is 263 Å². The van der Waals surface area contributed by atoms with Gasteiger partial charge in [0, 0.05) is 43.3 Å². The van der Waals surface area contributed by atoms with Crippen LogP contribution in [0.1, 0.15) is 42.8 Å². The summed E-state index contributed by atoms with van der Waals surface area (Å²) in [6.45, 7) is 5.46. The SMILES string of the molecule is C=CC1CN2CCC1CC2C(OC)(c1cn(C2CC(n3cc(F)c(=O)[nH]c3=O)OC2CO)nn1)c1ccnc2ccc(OC)cc12. The number of benzene rings is 1. The zero-order valence-electron chi connectivity index (χ0n) is 25.6. The van der Waals surface area contributed by atoms with Crippen LogP contribution in [0.4, 0.5) is 4.39 Å². The molecule has 3 aromatic heterocycles. The standard InChI is InChI=1S/C32H36FN7O6/c1-4-18-14-38-10-8-19(18)11-28(38)32(45-3,22-7-9-34-24-6-5-20(44-2)12-21(22)24)27-16-40(37-36-27)25-13-29(46-26(25)17-41)39-15-23(33)30(42)35-31(39)43/h4-7,9,12,15-16,18-19,25-26,28-29,41H,1,8,10-11,13-14,17H2,2-3H3,(H,35,42,43). The molecule has 2 N–H and O–H groups in total. The second-order valence-corrected chi connectivity index (χ2v) is 12.2. The van der Waals surface area contributed by atoms with Crippen LogP contribution in [0.2, 0.25) is 0 Å². The maximum absolute atomic E-state index is 14.1. The van der Waals surface area contributed by atoms with E-state index in [-0.39, 0.29) is 19.1 Å². The van der Waals surface area contributed by atoms with Gasteiger partial charge in [-0.05, 0) is 55.5 Å². The van der Waals surface area contributed by atoms with Gasteiger partial charge in [-0.2, -0.15) is 4.39 Å². The molecule has 242 valence electrons. The first-order valence-corrected chi connectivity index (χ1v) is 15.4. The normalized spacial score (nSPS) is 28.7. The maximum Gasteiger partial charge on any atom is 0.330 e. The Morgan fingerprint density at radius 3 is 2.80 bits per heavy atom. The van der Waals surface area contributed by atoms with E-state index in [2.05, 4.69) is 27.8 Å². The number of halogens is 1. The summed E-state index contributed by atoms with van der Waals surface area (Å²) in [5, 5.41) is 20.3. The molecule has 4 fully saturated rings. The zero-order chi connectivity index (χ0) is 32.2. The van der Waals surface area contributed by atoms with Gasteiger partial charge < -0.3 is 19.3 Å². The number of rotatable bonds is 9. The summed E-state index contributed by atoms with van der Waals surface area (Å²) in [6.07, 6.45) is 6.78. The van der Waals surface area contributed by atoms with E-state index >= 15 is 0 Å². The van der Waals surface area contributed by atoms with Crippen molar-refractivity contribution in [3.05, 3.63) is 93.4 Å². The smallest absolute Gasteiger partial charge is 0.330 e. The van der Waals surface area contributed by atoms with Gasteiger partial charge in [-0.15, -0.1) is 11.7 Å². The highest BCUT2D eigenvalue weighted by Gasteiger charge is 2.54. The maximum atomic E-state index is 14.1. The lowest BCUT2D eigenvalue weighted by molar-refractivity contribution is -0.108. The van der Waals surface area contributed by atoms with Crippen molar-refractivity contribution in [2.45, 2.75) is 49.3 Å². The molecule has 0 spiro atoms. The van der Waals surface area contributed by atoms with Crippen LogP contribution >= 0.6 is 0 Å². The number of aromatic nitrogens is 6. The van der Waals surface area contributed by atoms with E-state index in [1.54, 1.807) is 31.3 Å². The lowest BCUT2D eigenvalue weighted by atomic mass is 9.68. The molecule has 1 aromatic carbocycles. The van der Waals surface area contributed by atoms with Crippen molar-refractivity contribution in [2.75, 3.05) is 33.9 Å². The number of piperidine rings is 3. The minimum atomic E-state index is -1.11. The van der Waals surface area contributed by atoms with E-state index in [9.17, 15) is 19.1 Å². The van der Waals surface area contributed by atoms with Crippen LogP contribution in [0.5, 0.6) is 5.75 Å². The summed E-state index contributed by atoms with van der Waals surface area (Å²) in [5.74, 6) is 0.375. The average Bonchev–Trinajstić information content (AvgIpc) is 3.75. The molecule has 14 heteroatoms. The van der Waals surface area contributed by atoms with Crippen molar-refractivity contribution in [3.63, 3.8) is 0 Å². The van der Waals surface area contributed by atoms with Gasteiger partial charge in [0.05, 0.1) is 37.7 Å². The molecule has 0 radical (unpaired) electrons. The lowest BCUT2D eigenvalue weighted by Crippen LogP contribution is -2.61. The van der Waals surface area contributed by atoms with E-state index in [0.717, 1.165) is 53.2 Å². The highest BCUT2D eigenvalue weighted by atomic mass is 19.1. The van der Waals surface area contributed by atoms with Crippen LogP contribution in [0.15, 0.2) is 65.1 Å². The molecule has 0 aliphatic carbocycles. The van der Waals surface area contributed by atoms with Gasteiger partial charge in [0.2, 0.25) is 5.82 Å². The first-order valence-electron chi connectivity index (χ1n) is 15.4. The van der Waals surface area contributed by atoms with Gasteiger partial charge in [0.1, 0.15) is 23.8 Å². The molecule has 0 saturated carbocycles. The van der Waals surface area contributed by atoms with Crippen molar-refractivity contribution in [1.82, 2.24) is 34.4 Å². The van der Waals surface area contributed by atoms with Crippen LogP contribution in [0, 0.1) is 17.7 Å². The quantitative estimate of drug-likeness (QED) is 0.263. The second kappa shape index (κ2) is 11.8. The number of nitrogens with one attached hydrogen (secondary N) is 1. The zero-order valence-corrected chi connectivity index (χ0v) is 25.6. The minimum Gasteiger partial charge on any atom is -0.497 e. The first-order chi connectivity index (χ1) is 22.3. The molecule has 4 saturated heterocycles. The van der Waals surface area contributed by atoms with Crippen LogP contribution in [-0.2, 0) is 15.1 Å². The second-order valence-electron chi connectivity index (χ2n) is 12.2. The number of fused-ring (bicyclic) bond motifs is 4. The number of ether oxygens (including phenoxy) is 3. The highest BCUT2D eigenvalue weighted by Crippen LogP contribution is 2.49. The summed E-state index contributed by atoms with van der Waals surface area (Å²) in [4.78, 5) is 33.1. The van der Waals surface area contributed by atoms with Crippen molar-refractivity contribution < 1.29 is 23.7 Å². The van der Waals surface area contributed by atoms with E-state index < -0.39 is 41.0 Å². The number of nitrogens with zero attached hydrogens (tertiary/aromatic N) is 6. The summed E-state index contributed by atoms with van der Waals surface area (Å²) in [7, 11) is 3.31. The summed E-state index contributed by atoms with van der Waals surface area (Å²) in [6, 6.07) is 7.04. The Bertz CT molecular complexity index is 1890. The Morgan fingerprint density at radius 2 is 2.09 bits per heavy atom. The summed E-state index contributed by atoms with van der Waals surface area (Å²) < 4.78 is 34.9. The molecule has 4 aliphatic rings. The van der Waals surface area contributed by atoms with E-state index in [4.69, 9.17) is 19.3 Å². The van der Waals surface area contributed by atoms with Gasteiger partial charge >= 0.3 is 5.69 Å². The van der Waals surface area contributed by atoms with Crippen LogP contribution < -0.4 is 16.0 Å². The molecular weight excluding hydrogens is 597 g/mol. The predicted octanol–water partition coefficient (Wildman–Crippen LogP) is 2.13. The average molecular weight is 634 g/mol. The van der Waals surface area contributed by atoms with E-state index in [1.165, 1.54) is 0 Å². The number of aliphatic hydroxyl groups excluding tert-OH is 1. The fourth-order valence-electron chi connectivity index (χ4n) is 7.79. The van der Waals surface area contributed by atoms with Gasteiger partial charge in [0.15, 0.2) is 5.60 Å². The largest absolute Gasteiger partial charge is 0.497 e. The number of aliphatic hydroxyl groups is 1. The molecule has 8 rings (SSSR count). The van der Waals surface area contributed by atoms with E-state index in [0.29, 0.717) is 23.3 Å². The van der Waals surface area contributed by atoms with Crippen LogP contribution in [0.25, 0.3) is 10.9 Å². The van der Waals surface area contributed by atoms with Gasteiger partial charge in [0.25, 0.3) is 5.56 Å². The van der Waals surface area contributed by atoms with Gasteiger partial charge in [-0.3, -0.25) is 24.2 Å². The third-order valence-corrected chi connectivity index (χ3v) is 10.1. The van der Waals surface area contributed by atoms with E-state index in [1.807, 2.05) is 29.2 Å². The molecule has 8 atom stereocenters. The molecule has 2 bridgehead atoms. The van der Waals surface area contributed by atoms with Crippen molar-refractivity contribution in [2.24, 2.45) is 11.8 Å². The third-order valence-electron chi connectivity index (χ3n) is 10.1. The number of hydrogen-bond acceptors (Lipinski definition) is 10. The van der Waals surface area contributed by atoms with Crippen LogP contribution in [0.3, 0.4) is 0 Å². The molecule has 8 unspecified atom stereocenters. The summed E-state index contributed by atoms with van der Waals surface area (Å²) in [5.41, 5.74) is -0.801. The van der Waals surface area contributed by atoms with Gasteiger partial charge in [-0.1, -0.05) is 11.3 Å².